The fourth-order valence-corrected chi connectivity index (χ4v) is 2.99. The zero-order valence-corrected chi connectivity index (χ0v) is 11.0. The first-order valence-corrected chi connectivity index (χ1v) is 6.87. The van der Waals surface area contributed by atoms with Crippen LogP contribution in [-0.4, -0.2) is 12.1 Å². The Hall–Kier alpha value is -1.02. The molecule has 0 aromatic heterocycles. The maximum Gasteiger partial charge on any atom is 0.0371 e. The first-order chi connectivity index (χ1) is 8.30. The molecule has 17 heavy (non-hydrogen) atoms. The highest BCUT2D eigenvalue weighted by atomic mass is 15.2. The Kier molecular flexibility index (Phi) is 4.06. The van der Waals surface area contributed by atoms with Gasteiger partial charge in [-0.1, -0.05) is 26.0 Å². The van der Waals surface area contributed by atoms with E-state index >= 15 is 0 Å². The largest absolute Gasteiger partial charge is 0.366 e. The summed E-state index contributed by atoms with van der Waals surface area (Å²) in [5, 5.41) is 0. The monoisotopic (exact) mass is 232 g/mol. The lowest BCUT2D eigenvalue weighted by Crippen LogP contribution is -2.35. The highest BCUT2D eigenvalue weighted by Crippen LogP contribution is 2.33. The van der Waals surface area contributed by atoms with Crippen LogP contribution in [0, 0.1) is 0 Å². The van der Waals surface area contributed by atoms with E-state index in [1.165, 1.54) is 36.9 Å². The zero-order chi connectivity index (χ0) is 12.3. The van der Waals surface area contributed by atoms with Gasteiger partial charge in [-0.15, -0.1) is 0 Å². The summed E-state index contributed by atoms with van der Waals surface area (Å²) in [6, 6.07) is 10.2. The van der Waals surface area contributed by atoms with Crippen LogP contribution in [0.3, 0.4) is 0 Å². The molecule has 0 amide bonds. The number of anilines is 1. The highest BCUT2D eigenvalue weighted by Gasteiger charge is 2.30. The Morgan fingerprint density at radius 2 is 1.59 bits per heavy atom. The molecule has 1 aromatic rings. The minimum Gasteiger partial charge on any atom is -0.366 e. The van der Waals surface area contributed by atoms with Crippen molar-refractivity contribution in [2.45, 2.75) is 58.2 Å². The van der Waals surface area contributed by atoms with Crippen LogP contribution in [-0.2, 0) is 6.54 Å². The molecular weight excluding hydrogens is 208 g/mol. The average Bonchev–Trinajstić information content (AvgIpc) is 2.81. The third-order valence-electron chi connectivity index (χ3n) is 4.03. The summed E-state index contributed by atoms with van der Waals surface area (Å²) in [6.07, 6.45) is 5.17. The van der Waals surface area contributed by atoms with Gasteiger partial charge in [0.05, 0.1) is 0 Å². The van der Waals surface area contributed by atoms with Crippen molar-refractivity contribution in [1.82, 2.24) is 0 Å². The molecule has 2 rings (SSSR count). The van der Waals surface area contributed by atoms with Gasteiger partial charge >= 0.3 is 0 Å². The van der Waals surface area contributed by atoms with Crippen molar-refractivity contribution in [3.63, 3.8) is 0 Å². The molecule has 0 spiro atoms. The van der Waals surface area contributed by atoms with Crippen LogP contribution in [0.2, 0.25) is 0 Å². The third kappa shape index (κ3) is 2.47. The second kappa shape index (κ2) is 5.54. The predicted octanol–water partition coefficient (Wildman–Crippen LogP) is 3.30. The minimum absolute atomic E-state index is 0.634. The molecule has 2 N–H and O–H groups in total. The summed E-state index contributed by atoms with van der Waals surface area (Å²) >= 11 is 0. The molecule has 1 saturated heterocycles. The Morgan fingerprint density at radius 1 is 1.06 bits per heavy atom. The Bertz CT molecular complexity index is 332. The van der Waals surface area contributed by atoms with Crippen LogP contribution in [0.4, 0.5) is 5.69 Å². The summed E-state index contributed by atoms with van der Waals surface area (Å²) < 4.78 is 0. The van der Waals surface area contributed by atoms with Crippen molar-refractivity contribution in [2.24, 2.45) is 5.73 Å². The van der Waals surface area contributed by atoms with Gasteiger partial charge < -0.3 is 10.6 Å². The zero-order valence-electron chi connectivity index (χ0n) is 11.0. The fourth-order valence-electron chi connectivity index (χ4n) is 2.99. The van der Waals surface area contributed by atoms with Gasteiger partial charge in [0.25, 0.3) is 0 Å². The lowest BCUT2D eigenvalue weighted by atomic mass is 10.1. The fraction of sp³-hybridized carbons (Fsp3) is 0.600. The summed E-state index contributed by atoms with van der Waals surface area (Å²) in [7, 11) is 0. The summed E-state index contributed by atoms with van der Waals surface area (Å²) in [5.41, 5.74) is 8.24. The number of rotatable bonds is 4. The van der Waals surface area contributed by atoms with Gasteiger partial charge in [-0.25, -0.2) is 0 Å². The molecule has 2 atom stereocenters. The first-order valence-electron chi connectivity index (χ1n) is 6.87. The Morgan fingerprint density at radius 3 is 2.00 bits per heavy atom. The van der Waals surface area contributed by atoms with E-state index in [1.807, 2.05) is 0 Å². The second-order valence-electron chi connectivity index (χ2n) is 4.98. The second-order valence-corrected chi connectivity index (χ2v) is 4.98. The van der Waals surface area contributed by atoms with Crippen molar-refractivity contribution in [2.75, 3.05) is 4.90 Å². The molecule has 1 aliphatic heterocycles. The van der Waals surface area contributed by atoms with Crippen molar-refractivity contribution in [3.05, 3.63) is 29.8 Å². The van der Waals surface area contributed by atoms with Gasteiger partial charge in [-0.3, -0.25) is 0 Å². The molecule has 0 saturated carbocycles. The average molecular weight is 232 g/mol. The number of hydrogen-bond acceptors (Lipinski definition) is 2. The van der Waals surface area contributed by atoms with Crippen molar-refractivity contribution >= 4 is 5.69 Å². The first kappa shape index (κ1) is 12.4. The molecule has 94 valence electrons. The SMILES string of the molecule is CCC1CCC(CC)N1c1ccc(CN)cc1. The number of benzene rings is 1. The van der Waals surface area contributed by atoms with E-state index in [4.69, 9.17) is 5.73 Å². The molecule has 1 fully saturated rings. The van der Waals surface area contributed by atoms with E-state index in [-0.39, 0.29) is 0 Å². The van der Waals surface area contributed by atoms with Gasteiger partial charge in [0.15, 0.2) is 0 Å². The van der Waals surface area contributed by atoms with E-state index in [9.17, 15) is 0 Å². The highest BCUT2D eigenvalue weighted by molar-refractivity contribution is 5.50. The van der Waals surface area contributed by atoms with Crippen LogP contribution in [0.15, 0.2) is 24.3 Å². The summed E-state index contributed by atoms with van der Waals surface area (Å²) in [6.45, 7) is 5.22. The molecule has 2 nitrogen and oxygen atoms in total. The molecule has 1 aliphatic rings. The van der Waals surface area contributed by atoms with E-state index in [2.05, 4.69) is 43.0 Å². The van der Waals surface area contributed by atoms with Crippen LogP contribution in [0.5, 0.6) is 0 Å². The van der Waals surface area contributed by atoms with Crippen LogP contribution >= 0.6 is 0 Å². The maximum atomic E-state index is 5.65. The van der Waals surface area contributed by atoms with Crippen LogP contribution in [0.25, 0.3) is 0 Å². The number of nitrogens with two attached hydrogens (primary N) is 1. The van der Waals surface area contributed by atoms with Gasteiger partial charge in [0.1, 0.15) is 0 Å². The van der Waals surface area contributed by atoms with E-state index in [0.717, 1.165) is 12.1 Å². The number of hydrogen-bond donors (Lipinski definition) is 1. The Labute approximate surface area is 105 Å². The molecule has 1 aromatic carbocycles. The molecule has 0 bridgehead atoms. The number of nitrogens with zero attached hydrogens (tertiary/aromatic N) is 1. The molecule has 2 unspecified atom stereocenters. The van der Waals surface area contributed by atoms with Crippen molar-refractivity contribution in [3.8, 4) is 0 Å². The minimum atomic E-state index is 0.634. The van der Waals surface area contributed by atoms with Crippen molar-refractivity contribution < 1.29 is 0 Å². The standard InChI is InChI=1S/C15H24N2/c1-3-13-9-10-14(4-2)17(13)15-7-5-12(11-16)6-8-15/h5-8,13-14H,3-4,9-11,16H2,1-2H3. The lowest BCUT2D eigenvalue weighted by molar-refractivity contribution is 0.599. The van der Waals surface area contributed by atoms with Crippen LogP contribution in [0.1, 0.15) is 45.1 Å². The van der Waals surface area contributed by atoms with Gasteiger partial charge in [0.2, 0.25) is 0 Å². The molecule has 2 heteroatoms. The maximum absolute atomic E-state index is 5.65. The molecule has 0 radical (unpaired) electrons. The van der Waals surface area contributed by atoms with Gasteiger partial charge in [-0.2, -0.15) is 0 Å². The van der Waals surface area contributed by atoms with Gasteiger partial charge in [-0.05, 0) is 43.4 Å². The van der Waals surface area contributed by atoms with E-state index < -0.39 is 0 Å². The van der Waals surface area contributed by atoms with E-state index in [1.54, 1.807) is 0 Å². The summed E-state index contributed by atoms with van der Waals surface area (Å²) in [4.78, 5) is 2.63. The van der Waals surface area contributed by atoms with Crippen LogP contribution < -0.4 is 10.6 Å². The quantitative estimate of drug-likeness (QED) is 0.863. The molecule has 0 aliphatic carbocycles. The molecule has 1 heterocycles. The molecular formula is C15H24N2. The van der Waals surface area contributed by atoms with Crippen molar-refractivity contribution in [1.29, 1.82) is 0 Å². The smallest absolute Gasteiger partial charge is 0.0371 e. The third-order valence-corrected chi connectivity index (χ3v) is 4.03. The lowest BCUT2D eigenvalue weighted by Gasteiger charge is -2.32. The summed E-state index contributed by atoms with van der Waals surface area (Å²) in [5.74, 6) is 0. The Balaban J connectivity index is 2.22. The normalized spacial score (nSPS) is 24.3. The van der Waals surface area contributed by atoms with E-state index in [0.29, 0.717) is 6.54 Å². The predicted molar refractivity (Wildman–Crippen MR) is 74.2 cm³/mol. The van der Waals surface area contributed by atoms with Gasteiger partial charge in [0, 0.05) is 24.3 Å². The topological polar surface area (TPSA) is 29.3 Å².